The van der Waals surface area contributed by atoms with E-state index < -0.39 is 0 Å². The number of hydrogen-bond acceptors (Lipinski definition) is 2. The highest BCUT2D eigenvalue weighted by Crippen LogP contribution is 2.27. The summed E-state index contributed by atoms with van der Waals surface area (Å²) in [5.41, 5.74) is 1.91. The summed E-state index contributed by atoms with van der Waals surface area (Å²) in [6, 6.07) is 7.94. The van der Waals surface area contributed by atoms with E-state index in [9.17, 15) is 0 Å². The molecule has 1 saturated heterocycles. The Kier molecular flexibility index (Phi) is 5.42. The van der Waals surface area contributed by atoms with Crippen LogP contribution in [0.4, 0.5) is 0 Å². The van der Waals surface area contributed by atoms with Crippen molar-refractivity contribution in [1.29, 1.82) is 0 Å². The Balaban J connectivity index is 0.000000191. The normalized spacial score (nSPS) is 20.1. The molecule has 0 aliphatic carbocycles. The number of hydrogen-bond donors (Lipinski definition) is 1. The molecule has 19 heavy (non-hydrogen) atoms. The van der Waals surface area contributed by atoms with E-state index >= 15 is 0 Å². The van der Waals surface area contributed by atoms with Gasteiger partial charge >= 0.3 is 0 Å². The van der Waals surface area contributed by atoms with Crippen LogP contribution < -0.4 is 10.1 Å². The number of rotatable bonds is 1. The average molecular weight is 263 g/mol. The third kappa shape index (κ3) is 5.65. The SMILES string of the molecule is CC1(C)CCCC(C)(C)N1.COc1ccccc1C. The fourth-order valence-corrected chi connectivity index (χ4v) is 2.80. The molecule has 0 atom stereocenters. The number of nitrogens with one attached hydrogen (secondary N) is 1. The van der Waals surface area contributed by atoms with Gasteiger partial charge in [-0.1, -0.05) is 18.2 Å². The maximum absolute atomic E-state index is 5.04. The predicted octanol–water partition coefficient (Wildman–Crippen LogP) is 4.32. The monoisotopic (exact) mass is 263 g/mol. The quantitative estimate of drug-likeness (QED) is 0.814. The first-order valence-electron chi connectivity index (χ1n) is 7.15. The van der Waals surface area contributed by atoms with Gasteiger partial charge < -0.3 is 10.1 Å². The topological polar surface area (TPSA) is 21.3 Å². The van der Waals surface area contributed by atoms with Crippen LogP contribution in [0.15, 0.2) is 24.3 Å². The van der Waals surface area contributed by atoms with Crippen LogP contribution in [0.2, 0.25) is 0 Å². The molecule has 0 unspecified atom stereocenters. The minimum Gasteiger partial charge on any atom is -0.496 e. The van der Waals surface area contributed by atoms with E-state index in [4.69, 9.17) is 4.74 Å². The molecular formula is C17H29NO. The molecule has 1 heterocycles. The third-order valence-corrected chi connectivity index (χ3v) is 3.59. The summed E-state index contributed by atoms with van der Waals surface area (Å²) in [4.78, 5) is 0. The standard InChI is InChI=1S/C9H19N.C8H10O/c1-8(2)6-5-7-9(3,4)10-8;1-7-5-3-4-6-8(7)9-2/h10H,5-7H2,1-4H3;3-6H,1-2H3. The average Bonchev–Trinajstić information content (AvgIpc) is 2.27. The smallest absolute Gasteiger partial charge is 0.121 e. The highest BCUT2D eigenvalue weighted by molar-refractivity contribution is 5.31. The Hall–Kier alpha value is -1.02. The molecule has 0 spiro atoms. The molecule has 0 bridgehead atoms. The number of benzene rings is 1. The minimum absolute atomic E-state index is 0.363. The van der Waals surface area contributed by atoms with E-state index in [0.29, 0.717) is 11.1 Å². The maximum atomic E-state index is 5.04. The fourth-order valence-electron chi connectivity index (χ4n) is 2.80. The molecule has 0 amide bonds. The van der Waals surface area contributed by atoms with E-state index in [1.807, 2.05) is 31.2 Å². The van der Waals surface area contributed by atoms with Crippen LogP contribution in [0.25, 0.3) is 0 Å². The zero-order valence-corrected chi connectivity index (χ0v) is 13.3. The largest absolute Gasteiger partial charge is 0.496 e. The number of methoxy groups -OCH3 is 1. The molecule has 1 aliphatic rings. The Morgan fingerprint density at radius 2 is 1.53 bits per heavy atom. The summed E-state index contributed by atoms with van der Waals surface area (Å²) in [5, 5.41) is 3.63. The Morgan fingerprint density at radius 3 is 1.84 bits per heavy atom. The molecule has 1 aliphatic heterocycles. The van der Waals surface area contributed by atoms with E-state index in [1.54, 1.807) is 7.11 Å². The maximum Gasteiger partial charge on any atom is 0.121 e. The van der Waals surface area contributed by atoms with Gasteiger partial charge in [0.25, 0.3) is 0 Å². The summed E-state index contributed by atoms with van der Waals surface area (Å²) in [7, 11) is 1.68. The second-order valence-corrected chi connectivity index (χ2v) is 6.72. The molecule has 2 nitrogen and oxygen atoms in total. The first kappa shape index (κ1) is 16.0. The Morgan fingerprint density at radius 1 is 1.00 bits per heavy atom. The Bertz CT molecular complexity index is 382. The number of ether oxygens (including phenoxy) is 1. The molecule has 1 aromatic carbocycles. The lowest BCUT2D eigenvalue weighted by Gasteiger charge is -2.42. The van der Waals surface area contributed by atoms with Crippen molar-refractivity contribution in [3.63, 3.8) is 0 Å². The van der Waals surface area contributed by atoms with Crippen molar-refractivity contribution in [3.05, 3.63) is 29.8 Å². The van der Waals surface area contributed by atoms with Gasteiger partial charge in [0.2, 0.25) is 0 Å². The summed E-state index contributed by atoms with van der Waals surface area (Å²) in [6.45, 7) is 11.2. The van der Waals surface area contributed by atoms with E-state index in [2.05, 4.69) is 33.0 Å². The van der Waals surface area contributed by atoms with Gasteiger partial charge in [0, 0.05) is 11.1 Å². The van der Waals surface area contributed by atoms with Gasteiger partial charge in [-0.05, 0) is 65.5 Å². The number of piperidine rings is 1. The summed E-state index contributed by atoms with van der Waals surface area (Å²) in [6.07, 6.45) is 4.00. The number of aryl methyl sites for hydroxylation is 1. The summed E-state index contributed by atoms with van der Waals surface area (Å²) in [5.74, 6) is 0.956. The molecule has 0 aromatic heterocycles. The van der Waals surface area contributed by atoms with Crippen molar-refractivity contribution in [3.8, 4) is 5.75 Å². The van der Waals surface area contributed by atoms with Crippen LogP contribution in [0.5, 0.6) is 5.75 Å². The van der Waals surface area contributed by atoms with Crippen molar-refractivity contribution in [2.45, 2.75) is 65.0 Å². The lowest BCUT2D eigenvalue weighted by atomic mass is 9.83. The highest BCUT2D eigenvalue weighted by atomic mass is 16.5. The fraction of sp³-hybridized carbons (Fsp3) is 0.647. The molecule has 108 valence electrons. The number of para-hydroxylation sites is 1. The minimum atomic E-state index is 0.363. The van der Waals surface area contributed by atoms with Crippen molar-refractivity contribution >= 4 is 0 Å². The molecule has 2 rings (SSSR count). The summed E-state index contributed by atoms with van der Waals surface area (Å²) >= 11 is 0. The van der Waals surface area contributed by atoms with Crippen LogP contribution in [-0.2, 0) is 0 Å². The van der Waals surface area contributed by atoms with E-state index in [0.717, 1.165) is 5.75 Å². The van der Waals surface area contributed by atoms with Crippen molar-refractivity contribution in [2.75, 3.05) is 7.11 Å². The molecule has 1 N–H and O–H groups in total. The van der Waals surface area contributed by atoms with Crippen LogP contribution in [0, 0.1) is 6.92 Å². The van der Waals surface area contributed by atoms with Crippen molar-refractivity contribution in [2.24, 2.45) is 0 Å². The second-order valence-electron chi connectivity index (χ2n) is 6.72. The first-order valence-corrected chi connectivity index (χ1v) is 7.15. The third-order valence-electron chi connectivity index (χ3n) is 3.59. The second kappa shape index (κ2) is 6.42. The van der Waals surface area contributed by atoms with Crippen LogP contribution >= 0.6 is 0 Å². The van der Waals surface area contributed by atoms with Crippen LogP contribution in [0.1, 0.15) is 52.5 Å². The van der Waals surface area contributed by atoms with Gasteiger partial charge in [0.05, 0.1) is 7.11 Å². The van der Waals surface area contributed by atoms with Crippen LogP contribution in [-0.4, -0.2) is 18.2 Å². The van der Waals surface area contributed by atoms with Crippen molar-refractivity contribution in [1.82, 2.24) is 5.32 Å². The van der Waals surface area contributed by atoms with Crippen LogP contribution in [0.3, 0.4) is 0 Å². The van der Waals surface area contributed by atoms with E-state index in [1.165, 1.54) is 24.8 Å². The summed E-state index contributed by atoms with van der Waals surface area (Å²) < 4.78 is 5.04. The molecular weight excluding hydrogens is 234 g/mol. The highest BCUT2D eigenvalue weighted by Gasteiger charge is 2.31. The van der Waals surface area contributed by atoms with Gasteiger partial charge in [0.1, 0.15) is 5.75 Å². The van der Waals surface area contributed by atoms with Gasteiger partial charge in [-0.15, -0.1) is 0 Å². The lowest BCUT2D eigenvalue weighted by Crippen LogP contribution is -2.55. The Labute approximate surface area is 118 Å². The van der Waals surface area contributed by atoms with Gasteiger partial charge in [-0.2, -0.15) is 0 Å². The zero-order valence-electron chi connectivity index (χ0n) is 13.3. The van der Waals surface area contributed by atoms with Gasteiger partial charge in [-0.25, -0.2) is 0 Å². The molecule has 0 radical (unpaired) electrons. The predicted molar refractivity (Wildman–Crippen MR) is 82.9 cm³/mol. The lowest BCUT2D eigenvalue weighted by molar-refractivity contribution is 0.183. The van der Waals surface area contributed by atoms with Gasteiger partial charge in [-0.3, -0.25) is 0 Å². The van der Waals surface area contributed by atoms with Gasteiger partial charge in [0.15, 0.2) is 0 Å². The van der Waals surface area contributed by atoms with E-state index in [-0.39, 0.29) is 0 Å². The molecule has 2 heteroatoms. The molecule has 0 saturated carbocycles. The first-order chi connectivity index (χ1) is 8.76. The van der Waals surface area contributed by atoms with Crippen molar-refractivity contribution < 1.29 is 4.74 Å². The molecule has 1 aromatic rings. The molecule has 1 fully saturated rings. The zero-order chi connectivity index (χ0) is 14.5.